The molecule has 0 aliphatic heterocycles. The highest BCUT2D eigenvalue weighted by molar-refractivity contribution is 5.48. The topological polar surface area (TPSA) is 44.0 Å². The Hall–Kier alpha value is -1.54. The van der Waals surface area contributed by atoms with Crippen LogP contribution in [0.2, 0.25) is 0 Å². The number of aliphatic hydroxyl groups is 1. The van der Waals surface area contributed by atoms with Crippen molar-refractivity contribution in [3.63, 3.8) is 0 Å². The zero-order chi connectivity index (χ0) is 11.9. The summed E-state index contributed by atoms with van der Waals surface area (Å²) in [5.74, 6) is 0. The number of nitrogens with zero attached hydrogens (tertiary/aromatic N) is 1. The van der Waals surface area contributed by atoms with E-state index in [2.05, 4.69) is 0 Å². The number of fused-ring (bicyclic) bond motifs is 1. The Labute approximate surface area is 89.9 Å². The Bertz CT molecular complexity index is 473. The largest absolute Gasteiger partial charge is 0.416 e. The van der Waals surface area contributed by atoms with E-state index in [4.69, 9.17) is 5.26 Å². The summed E-state index contributed by atoms with van der Waals surface area (Å²) in [6, 6.07) is 3.92. The molecule has 0 heterocycles. The Morgan fingerprint density at radius 1 is 1.38 bits per heavy atom. The van der Waals surface area contributed by atoms with Gasteiger partial charge in [0.2, 0.25) is 0 Å². The van der Waals surface area contributed by atoms with Crippen LogP contribution in [0.5, 0.6) is 0 Å². The minimum atomic E-state index is -4.53. The Morgan fingerprint density at radius 3 is 2.62 bits per heavy atom. The van der Waals surface area contributed by atoms with Crippen LogP contribution in [0.25, 0.3) is 0 Å². The van der Waals surface area contributed by atoms with Gasteiger partial charge in [-0.3, -0.25) is 0 Å². The van der Waals surface area contributed by atoms with Crippen molar-refractivity contribution in [2.24, 2.45) is 0 Å². The molecule has 2 nitrogen and oxygen atoms in total. The molecule has 0 spiro atoms. The second-order valence-electron chi connectivity index (χ2n) is 3.76. The van der Waals surface area contributed by atoms with E-state index in [0.717, 1.165) is 6.07 Å². The lowest BCUT2D eigenvalue weighted by Gasteiger charge is -2.14. The molecular weight excluding hydrogens is 219 g/mol. The Balaban J connectivity index is 2.68. The number of halogens is 3. The highest BCUT2D eigenvalue weighted by atomic mass is 19.4. The third kappa shape index (κ3) is 1.65. The van der Waals surface area contributed by atoms with E-state index in [1.165, 1.54) is 6.07 Å². The molecule has 1 aromatic carbocycles. The number of aliphatic hydroxyl groups excluding tert-OH is 1. The summed E-state index contributed by atoms with van der Waals surface area (Å²) in [7, 11) is 0. The molecule has 0 aromatic heterocycles. The number of alkyl halides is 3. The molecule has 1 atom stereocenters. The minimum Gasteiger partial charge on any atom is -0.388 e. The fraction of sp³-hybridized carbons (Fsp3) is 0.364. The van der Waals surface area contributed by atoms with Crippen molar-refractivity contribution >= 4 is 0 Å². The second-order valence-corrected chi connectivity index (χ2v) is 3.76. The summed E-state index contributed by atoms with van der Waals surface area (Å²) in [6.45, 7) is 0. The number of nitriles is 1. The molecule has 2 rings (SSSR count). The zero-order valence-corrected chi connectivity index (χ0v) is 8.17. The summed E-state index contributed by atoms with van der Waals surface area (Å²) in [6.07, 6.45) is -4.93. The van der Waals surface area contributed by atoms with Crippen molar-refractivity contribution in [3.8, 4) is 6.07 Å². The van der Waals surface area contributed by atoms with Gasteiger partial charge in [0.1, 0.15) is 0 Å². The number of hydrogen-bond acceptors (Lipinski definition) is 2. The number of benzene rings is 1. The molecule has 5 heteroatoms. The van der Waals surface area contributed by atoms with Gasteiger partial charge < -0.3 is 5.11 Å². The van der Waals surface area contributed by atoms with Crippen LogP contribution >= 0.6 is 0 Å². The van der Waals surface area contributed by atoms with Crippen molar-refractivity contribution in [1.82, 2.24) is 0 Å². The average molecular weight is 227 g/mol. The van der Waals surface area contributed by atoms with Crippen molar-refractivity contribution < 1.29 is 18.3 Å². The summed E-state index contributed by atoms with van der Waals surface area (Å²) < 4.78 is 38.1. The summed E-state index contributed by atoms with van der Waals surface area (Å²) in [5, 5.41) is 18.2. The van der Waals surface area contributed by atoms with Crippen LogP contribution in [0, 0.1) is 11.3 Å². The van der Waals surface area contributed by atoms with Crippen molar-refractivity contribution in [1.29, 1.82) is 5.26 Å². The van der Waals surface area contributed by atoms with Crippen molar-refractivity contribution in [2.75, 3.05) is 0 Å². The van der Waals surface area contributed by atoms with Gasteiger partial charge in [0.25, 0.3) is 0 Å². The molecule has 0 saturated heterocycles. The average Bonchev–Trinajstić information content (AvgIpc) is 2.58. The Morgan fingerprint density at radius 2 is 2.06 bits per heavy atom. The third-order valence-electron chi connectivity index (χ3n) is 2.72. The van der Waals surface area contributed by atoms with Gasteiger partial charge in [-0.05, 0) is 36.1 Å². The highest BCUT2D eigenvalue weighted by Gasteiger charge is 2.38. The summed E-state index contributed by atoms with van der Waals surface area (Å²) in [5.41, 5.74) is -0.530. The van der Waals surface area contributed by atoms with Gasteiger partial charge in [-0.25, -0.2) is 0 Å². The molecule has 0 saturated carbocycles. The highest BCUT2D eigenvalue weighted by Crippen LogP contribution is 2.41. The smallest absolute Gasteiger partial charge is 0.388 e. The van der Waals surface area contributed by atoms with Crippen LogP contribution in [0.4, 0.5) is 13.2 Å². The molecule has 1 unspecified atom stereocenters. The molecular formula is C11H8F3NO. The van der Waals surface area contributed by atoms with Crippen molar-refractivity contribution in [3.05, 3.63) is 34.4 Å². The fourth-order valence-electron chi connectivity index (χ4n) is 2.05. The molecule has 0 bridgehead atoms. The van der Waals surface area contributed by atoms with E-state index in [-0.39, 0.29) is 17.5 Å². The molecule has 0 radical (unpaired) electrons. The molecule has 1 aromatic rings. The fourth-order valence-corrected chi connectivity index (χ4v) is 2.05. The first-order valence-electron chi connectivity index (χ1n) is 4.75. The lowest BCUT2D eigenvalue weighted by atomic mass is 9.98. The third-order valence-corrected chi connectivity index (χ3v) is 2.72. The van der Waals surface area contributed by atoms with Crippen LogP contribution in [-0.2, 0) is 12.6 Å². The van der Waals surface area contributed by atoms with Crippen LogP contribution < -0.4 is 0 Å². The maximum atomic E-state index is 12.7. The molecule has 84 valence electrons. The van der Waals surface area contributed by atoms with Gasteiger partial charge in [-0.15, -0.1) is 0 Å². The van der Waals surface area contributed by atoms with Crippen LogP contribution in [0.15, 0.2) is 12.1 Å². The number of aryl methyl sites for hydroxylation is 1. The first kappa shape index (κ1) is 11.0. The lowest BCUT2D eigenvalue weighted by molar-refractivity contribution is -0.139. The molecule has 1 N–H and O–H groups in total. The SMILES string of the molecule is N#Cc1cc2c(c(C(F)(F)F)c1)C(O)CC2. The van der Waals surface area contributed by atoms with E-state index in [1.807, 2.05) is 0 Å². The van der Waals surface area contributed by atoms with Crippen LogP contribution in [0.1, 0.15) is 34.8 Å². The summed E-state index contributed by atoms with van der Waals surface area (Å²) >= 11 is 0. The van der Waals surface area contributed by atoms with Gasteiger partial charge in [-0.1, -0.05) is 0 Å². The number of hydrogen-bond donors (Lipinski definition) is 1. The van der Waals surface area contributed by atoms with Gasteiger partial charge in [0.05, 0.1) is 23.3 Å². The van der Waals surface area contributed by atoms with Gasteiger partial charge in [0, 0.05) is 0 Å². The minimum absolute atomic E-state index is 0.0137. The quantitative estimate of drug-likeness (QED) is 0.740. The predicted octanol–water partition coefficient (Wildman–Crippen LogP) is 2.56. The van der Waals surface area contributed by atoms with Crippen LogP contribution in [-0.4, -0.2) is 5.11 Å². The van der Waals surface area contributed by atoms with E-state index in [9.17, 15) is 18.3 Å². The lowest BCUT2D eigenvalue weighted by Crippen LogP contribution is -2.11. The second kappa shape index (κ2) is 3.49. The normalized spacial score (nSPS) is 19.3. The molecule has 1 aliphatic carbocycles. The molecule has 0 fully saturated rings. The van der Waals surface area contributed by atoms with E-state index >= 15 is 0 Å². The molecule has 16 heavy (non-hydrogen) atoms. The van der Waals surface area contributed by atoms with Crippen LogP contribution in [0.3, 0.4) is 0 Å². The van der Waals surface area contributed by atoms with Gasteiger partial charge in [0.15, 0.2) is 0 Å². The van der Waals surface area contributed by atoms with Crippen molar-refractivity contribution in [2.45, 2.75) is 25.1 Å². The van der Waals surface area contributed by atoms with E-state index in [1.54, 1.807) is 6.07 Å². The predicted molar refractivity (Wildman–Crippen MR) is 49.4 cm³/mol. The standard InChI is InChI=1S/C11H8F3NO/c12-11(13,14)8-4-6(5-15)3-7-1-2-9(16)10(7)8/h3-4,9,16H,1-2H2. The molecule has 0 amide bonds. The van der Waals surface area contributed by atoms with Gasteiger partial charge in [-0.2, -0.15) is 18.4 Å². The Kier molecular flexibility index (Phi) is 2.39. The zero-order valence-electron chi connectivity index (χ0n) is 8.17. The first-order chi connectivity index (χ1) is 7.43. The first-order valence-corrected chi connectivity index (χ1v) is 4.75. The monoisotopic (exact) mass is 227 g/mol. The van der Waals surface area contributed by atoms with E-state index < -0.39 is 17.8 Å². The van der Waals surface area contributed by atoms with Gasteiger partial charge >= 0.3 is 6.18 Å². The maximum absolute atomic E-state index is 12.7. The summed E-state index contributed by atoms with van der Waals surface area (Å²) in [4.78, 5) is 0. The maximum Gasteiger partial charge on any atom is 0.416 e. The number of rotatable bonds is 0. The van der Waals surface area contributed by atoms with E-state index in [0.29, 0.717) is 12.0 Å². The molecule has 1 aliphatic rings.